The molecule has 0 aromatic heterocycles. The van der Waals surface area contributed by atoms with Crippen molar-refractivity contribution in [3.8, 4) is 0 Å². The molecular formula is C17H29FN2. The van der Waals surface area contributed by atoms with E-state index >= 15 is 0 Å². The van der Waals surface area contributed by atoms with Crippen molar-refractivity contribution in [3.05, 3.63) is 35.6 Å². The number of nitrogens with two attached hydrogens (primary N) is 1. The zero-order valence-corrected chi connectivity index (χ0v) is 13.1. The number of hydrogen-bond donors (Lipinski definition) is 1. The fourth-order valence-electron chi connectivity index (χ4n) is 2.52. The van der Waals surface area contributed by atoms with Crippen molar-refractivity contribution >= 4 is 0 Å². The summed E-state index contributed by atoms with van der Waals surface area (Å²) in [6.07, 6.45) is 3.32. The monoisotopic (exact) mass is 280 g/mol. The number of halogens is 1. The maximum absolute atomic E-state index is 13.2. The van der Waals surface area contributed by atoms with E-state index in [-0.39, 0.29) is 11.9 Å². The van der Waals surface area contributed by atoms with Crippen molar-refractivity contribution in [3.63, 3.8) is 0 Å². The standard InChI is InChI=1S/C17H29FN2/c1-4-14(5-2)13-20(6-3)11-10-17(19)15-8-7-9-16(18)12-15/h7-9,12,14,17H,4-6,10-11,13,19H2,1-3H3. The van der Waals surface area contributed by atoms with E-state index in [0.717, 1.165) is 37.5 Å². The molecule has 0 saturated heterocycles. The van der Waals surface area contributed by atoms with E-state index in [1.807, 2.05) is 6.07 Å². The van der Waals surface area contributed by atoms with Crippen LogP contribution in [0.2, 0.25) is 0 Å². The highest BCUT2D eigenvalue weighted by Crippen LogP contribution is 2.17. The van der Waals surface area contributed by atoms with Gasteiger partial charge >= 0.3 is 0 Å². The van der Waals surface area contributed by atoms with E-state index in [1.54, 1.807) is 12.1 Å². The quantitative estimate of drug-likeness (QED) is 0.741. The molecule has 20 heavy (non-hydrogen) atoms. The third-order valence-corrected chi connectivity index (χ3v) is 4.15. The highest BCUT2D eigenvalue weighted by Gasteiger charge is 2.12. The summed E-state index contributed by atoms with van der Waals surface area (Å²) in [5, 5.41) is 0. The lowest BCUT2D eigenvalue weighted by Gasteiger charge is -2.26. The average Bonchev–Trinajstić information content (AvgIpc) is 2.47. The molecule has 0 heterocycles. The van der Waals surface area contributed by atoms with Gasteiger partial charge in [-0.25, -0.2) is 4.39 Å². The molecule has 0 aliphatic rings. The fourth-order valence-corrected chi connectivity index (χ4v) is 2.52. The Balaban J connectivity index is 2.47. The summed E-state index contributed by atoms with van der Waals surface area (Å²) in [6.45, 7) is 9.85. The molecule has 114 valence electrons. The van der Waals surface area contributed by atoms with Crippen LogP contribution in [0.15, 0.2) is 24.3 Å². The van der Waals surface area contributed by atoms with Crippen molar-refractivity contribution in [1.82, 2.24) is 4.90 Å². The molecule has 0 fully saturated rings. The van der Waals surface area contributed by atoms with Gasteiger partial charge in [-0.1, -0.05) is 45.7 Å². The Morgan fingerprint density at radius 1 is 1.20 bits per heavy atom. The number of nitrogens with zero attached hydrogens (tertiary/aromatic N) is 1. The van der Waals surface area contributed by atoms with Gasteiger partial charge in [-0.05, 0) is 43.1 Å². The lowest BCUT2D eigenvalue weighted by atomic mass is 10.0. The Bertz CT molecular complexity index is 377. The van der Waals surface area contributed by atoms with Gasteiger partial charge in [-0.2, -0.15) is 0 Å². The summed E-state index contributed by atoms with van der Waals surface area (Å²) in [5.41, 5.74) is 7.06. The third kappa shape index (κ3) is 5.59. The first-order chi connectivity index (χ1) is 9.60. The van der Waals surface area contributed by atoms with Crippen LogP contribution in [0.4, 0.5) is 4.39 Å². The van der Waals surface area contributed by atoms with Crippen LogP contribution >= 0.6 is 0 Å². The molecule has 0 bridgehead atoms. The Kier molecular flexibility index (Phi) is 7.78. The molecule has 0 aliphatic heterocycles. The van der Waals surface area contributed by atoms with E-state index in [4.69, 9.17) is 5.73 Å². The minimum absolute atomic E-state index is 0.0820. The number of hydrogen-bond acceptors (Lipinski definition) is 2. The number of rotatable bonds is 9. The Labute approximate surface area is 123 Å². The second-order valence-corrected chi connectivity index (χ2v) is 5.53. The van der Waals surface area contributed by atoms with Gasteiger partial charge in [0.05, 0.1) is 0 Å². The van der Waals surface area contributed by atoms with Gasteiger partial charge in [0, 0.05) is 12.6 Å². The summed E-state index contributed by atoms with van der Waals surface area (Å²) in [4.78, 5) is 2.46. The van der Waals surface area contributed by atoms with Crippen molar-refractivity contribution in [2.45, 2.75) is 46.1 Å². The van der Waals surface area contributed by atoms with Crippen molar-refractivity contribution in [2.24, 2.45) is 11.7 Å². The lowest BCUT2D eigenvalue weighted by Crippen LogP contribution is -2.31. The maximum atomic E-state index is 13.2. The topological polar surface area (TPSA) is 29.3 Å². The van der Waals surface area contributed by atoms with Gasteiger partial charge in [0.1, 0.15) is 5.82 Å². The Morgan fingerprint density at radius 3 is 2.45 bits per heavy atom. The average molecular weight is 280 g/mol. The van der Waals surface area contributed by atoms with E-state index in [2.05, 4.69) is 25.7 Å². The summed E-state index contributed by atoms with van der Waals surface area (Å²) in [7, 11) is 0. The van der Waals surface area contributed by atoms with Crippen molar-refractivity contribution < 1.29 is 4.39 Å². The summed E-state index contributed by atoms with van der Waals surface area (Å²) >= 11 is 0. The normalized spacial score (nSPS) is 13.2. The SMILES string of the molecule is CCC(CC)CN(CC)CCC(N)c1cccc(F)c1. The van der Waals surface area contributed by atoms with Crippen LogP contribution in [-0.2, 0) is 0 Å². The summed E-state index contributed by atoms with van der Waals surface area (Å²) < 4.78 is 13.2. The Morgan fingerprint density at radius 2 is 1.90 bits per heavy atom. The second-order valence-electron chi connectivity index (χ2n) is 5.53. The van der Waals surface area contributed by atoms with Crippen LogP contribution < -0.4 is 5.73 Å². The zero-order chi connectivity index (χ0) is 15.0. The molecule has 1 atom stereocenters. The lowest BCUT2D eigenvalue weighted by molar-refractivity contribution is 0.226. The van der Waals surface area contributed by atoms with Gasteiger partial charge in [0.25, 0.3) is 0 Å². The minimum atomic E-state index is -0.206. The maximum Gasteiger partial charge on any atom is 0.123 e. The van der Waals surface area contributed by atoms with Crippen LogP contribution in [0, 0.1) is 11.7 Å². The van der Waals surface area contributed by atoms with Crippen LogP contribution in [0.3, 0.4) is 0 Å². The molecular weight excluding hydrogens is 251 g/mol. The molecule has 3 heteroatoms. The highest BCUT2D eigenvalue weighted by atomic mass is 19.1. The third-order valence-electron chi connectivity index (χ3n) is 4.15. The predicted octanol–water partition coefficient (Wildman–Crippen LogP) is 3.97. The molecule has 1 rings (SSSR count). The van der Waals surface area contributed by atoms with Gasteiger partial charge in [0.2, 0.25) is 0 Å². The molecule has 2 nitrogen and oxygen atoms in total. The molecule has 0 spiro atoms. The molecule has 1 aromatic carbocycles. The van der Waals surface area contributed by atoms with Gasteiger partial charge in [-0.3, -0.25) is 0 Å². The molecule has 1 aromatic rings. The fraction of sp³-hybridized carbons (Fsp3) is 0.647. The largest absolute Gasteiger partial charge is 0.324 e. The molecule has 1 unspecified atom stereocenters. The second kappa shape index (κ2) is 9.09. The van der Waals surface area contributed by atoms with Crippen LogP contribution in [0.1, 0.15) is 51.6 Å². The molecule has 0 radical (unpaired) electrons. The van der Waals surface area contributed by atoms with Crippen molar-refractivity contribution in [2.75, 3.05) is 19.6 Å². The van der Waals surface area contributed by atoms with Crippen molar-refractivity contribution in [1.29, 1.82) is 0 Å². The predicted molar refractivity (Wildman–Crippen MR) is 84.1 cm³/mol. The molecule has 0 amide bonds. The Hall–Kier alpha value is -0.930. The van der Waals surface area contributed by atoms with E-state index in [1.165, 1.54) is 18.9 Å². The summed E-state index contributed by atoms with van der Waals surface area (Å²) in [5.74, 6) is 0.558. The highest BCUT2D eigenvalue weighted by molar-refractivity contribution is 5.19. The first-order valence-electron chi connectivity index (χ1n) is 7.84. The van der Waals surface area contributed by atoms with Gasteiger partial charge < -0.3 is 10.6 Å². The minimum Gasteiger partial charge on any atom is -0.324 e. The molecule has 0 aliphatic carbocycles. The van der Waals surface area contributed by atoms with E-state index in [9.17, 15) is 4.39 Å². The van der Waals surface area contributed by atoms with Crippen LogP contribution in [0.25, 0.3) is 0 Å². The zero-order valence-electron chi connectivity index (χ0n) is 13.1. The number of benzene rings is 1. The van der Waals surface area contributed by atoms with E-state index in [0.29, 0.717) is 0 Å². The van der Waals surface area contributed by atoms with Crippen LogP contribution in [-0.4, -0.2) is 24.5 Å². The van der Waals surface area contributed by atoms with E-state index < -0.39 is 0 Å². The van der Waals surface area contributed by atoms with Gasteiger partial charge in [0.15, 0.2) is 0 Å². The molecule has 2 N–H and O–H groups in total. The molecule has 0 saturated carbocycles. The smallest absolute Gasteiger partial charge is 0.123 e. The first kappa shape index (κ1) is 17.1. The summed E-state index contributed by atoms with van der Waals surface area (Å²) in [6, 6.07) is 6.56. The first-order valence-corrected chi connectivity index (χ1v) is 7.84. The van der Waals surface area contributed by atoms with Gasteiger partial charge in [-0.15, -0.1) is 0 Å². The van der Waals surface area contributed by atoms with Crippen LogP contribution in [0.5, 0.6) is 0 Å².